The van der Waals surface area contributed by atoms with Gasteiger partial charge in [0.1, 0.15) is 0 Å². The van der Waals surface area contributed by atoms with Gasteiger partial charge >= 0.3 is 0 Å². The zero-order valence-electron chi connectivity index (χ0n) is 9.88. The molecule has 0 amide bonds. The van der Waals surface area contributed by atoms with Crippen molar-refractivity contribution in [1.82, 2.24) is 5.32 Å². The normalized spacial score (nSPS) is 30.2. The van der Waals surface area contributed by atoms with Crippen molar-refractivity contribution in [1.29, 1.82) is 0 Å². The van der Waals surface area contributed by atoms with Crippen molar-refractivity contribution in [2.45, 2.75) is 58.0 Å². The lowest BCUT2D eigenvalue weighted by Gasteiger charge is -2.29. The fraction of sp³-hybridized carbons (Fsp3) is 1.00. The van der Waals surface area contributed by atoms with Gasteiger partial charge in [0, 0.05) is 25.8 Å². The Labute approximate surface area is 88.4 Å². The van der Waals surface area contributed by atoms with Crippen LogP contribution in [0, 0.1) is 5.92 Å². The van der Waals surface area contributed by atoms with E-state index in [0.29, 0.717) is 6.04 Å². The molecular weight excluding hydrogens is 174 g/mol. The average Bonchev–Trinajstić information content (AvgIpc) is 2.18. The van der Waals surface area contributed by atoms with Gasteiger partial charge in [-0.25, -0.2) is 0 Å². The summed E-state index contributed by atoms with van der Waals surface area (Å²) in [5.41, 5.74) is 0. The van der Waals surface area contributed by atoms with Crippen LogP contribution < -0.4 is 5.32 Å². The van der Waals surface area contributed by atoms with Crippen molar-refractivity contribution < 1.29 is 4.74 Å². The van der Waals surface area contributed by atoms with Crippen LogP contribution in [0.15, 0.2) is 0 Å². The molecule has 0 aromatic rings. The van der Waals surface area contributed by atoms with Gasteiger partial charge in [-0.05, 0) is 44.9 Å². The Bertz CT molecular complexity index is 141. The Balaban J connectivity index is 2.10. The fourth-order valence-corrected chi connectivity index (χ4v) is 2.21. The molecule has 0 aromatic carbocycles. The Morgan fingerprint density at radius 1 is 1.29 bits per heavy atom. The van der Waals surface area contributed by atoms with Crippen molar-refractivity contribution in [3.63, 3.8) is 0 Å². The molecule has 14 heavy (non-hydrogen) atoms. The van der Waals surface area contributed by atoms with Crippen LogP contribution in [0.25, 0.3) is 0 Å². The summed E-state index contributed by atoms with van der Waals surface area (Å²) in [5.74, 6) is 0.947. The number of nitrogens with one attached hydrogen (secondary N) is 1. The molecule has 0 aromatic heterocycles. The predicted molar refractivity (Wildman–Crippen MR) is 60.5 cm³/mol. The lowest BCUT2D eigenvalue weighted by molar-refractivity contribution is 0.178. The van der Waals surface area contributed by atoms with Gasteiger partial charge in [-0.2, -0.15) is 0 Å². The molecule has 84 valence electrons. The van der Waals surface area contributed by atoms with Crippen LogP contribution in [0.4, 0.5) is 0 Å². The molecule has 0 radical (unpaired) electrons. The van der Waals surface area contributed by atoms with Gasteiger partial charge in [0.25, 0.3) is 0 Å². The highest BCUT2D eigenvalue weighted by Gasteiger charge is 2.18. The summed E-state index contributed by atoms with van der Waals surface area (Å²) in [6, 6.07) is 1.37. The molecule has 0 aliphatic heterocycles. The van der Waals surface area contributed by atoms with Gasteiger partial charge in [0.15, 0.2) is 0 Å². The maximum absolute atomic E-state index is 5.08. The summed E-state index contributed by atoms with van der Waals surface area (Å²) in [6.45, 7) is 5.50. The van der Waals surface area contributed by atoms with Gasteiger partial charge in [-0.3, -0.25) is 0 Å². The Hall–Kier alpha value is -0.0800. The van der Waals surface area contributed by atoms with Crippen LogP contribution in [-0.2, 0) is 4.74 Å². The molecule has 1 N–H and O–H groups in total. The van der Waals surface area contributed by atoms with Crippen LogP contribution >= 0.6 is 0 Å². The lowest BCUT2D eigenvalue weighted by Crippen LogP contribution is -2.39. The molecule has 2 nitrogen and oxygen atoms in total. The molecule has 0 bridgehead atoms. The number of ether oxygens (including phenoxy) is 1. The first-order valence-electron chi connectivity index (χ1n) is 5.97. The summed E-state index contributed by atoms with van der Waals surface area (Å²) in [6.07, 6.45) is 6.64. The van der Waals surface area contributed by atoms with Crippen molar-refractivity contribution in [3.8, 4) is 0 Å². The molecule has 1 rings (SSSR count). The highest BCUT2D eigenvalue weighted by Crippen LogP contribution is 2.23. The second-order valence-corrected chi connectivity index (χ2v) is 4.81. The van der Waals surface area contributed by atoms with Crippen LogP contribution in [0.3, 0.4) is 0 Å². The van der Waals surface area contributed by atoms with Gasteiger partial charge in [0.05, 0.1) is 0 Å². The lowest BCUT2D eigenvalue weighted by atomic mass is 9.87. The van der Waals surface area contributed by atoms with Crippen molar-refractivity contribution in [2.75, 3.05) is 13.7 Å². The minimum Gasteiger partial charge on any atom is -0.385 e. The monoisotopic (exact) mass is 199 g/mol. The molecule has 1 unspecified atom stereocenters. The Morgan fingerprint density at radius 3 is 2.50 bits per heavy atom. The zero-order valence-corrected chi connectivity index (χ0v) is 9.88. The molecule has 0 spiro atoms. The first-order valence-corrected chi connectivity index (χ1v) is 5.97. The average molecular weight is 199 g/mol. The summed E-state index contributed by atoms with van der Waals surface area (Å²) in [5, 5.41) is 3.69. The molecule has 0 heterocycles. The second-order valence-electron chi connectivity index (χ2n) is 4.81. The minimum atomic E-state index is 0.605. The number of hydrogen-bond acceptors (Lipinski definition) is 2. The van der Waals surface area contributed by atoms with Crippen molar-refractivity contribution in [3.05, 3.63) is 0 Å². The first kappa shape index (κ1) is 12.0. The number of hydrogen-bond donors (Lipinski definition) is 1. The van der Waals surface area contributed by atoms with E-state index in [0.717, 1.165) is 25.0 Å². The smallest absolute Gasteiger partial charge is 0.0476 e. The van der Waals surface area contributed by atoms with Crippen molar-refractivity contribution in [2.24, 2.45) is 5.92 Å². The zero-order chi connectivity index (χ0) is 10.4. The minimum absolute atomic E-state index is 0.605. The third-order valence-corrected chi connectivity index (χ3v) is 3.29. The summed E-state index contributed by atoms with van der Waals surface area (Å²) >= 11 is 0. The Kier molecular flexibility index (Phi) is 5.49. The third kappa shape index (κ3) is 4.43. The summed E-state index contributed by atoms with van der Waals surface area (Å²) < 4.78 is 5.08. The van der Waals surface area contributed by atoms with E-state index in [1.54, 1.807) is 7.11 Å². The van der Waals surface area contributed by atoms with Crippen LogP contribution in [-0.4, -0.2) is 25.8 Å². The van der Waals surface area contributed by atoms with E-state index in [-0.39, 0.29) is 0 Å². The van der Waals surface area contributed by atoms with E-state index in [1.165, 1.54) is 25.7 Å². The van der Waals surface area contributed by atoms with E-state index in [9.17, 15) is 0 Å². The Morgan fingerprint density at radius 2 is 1.93 bits per heavy atom. The van der Waals surface area contributed by atoms with E-state index in [1.807, 2.05) is 0 Å². The van der Waals surface area contributed by atoms with E-state index >= 15 is 0 Å². The summed E-state index contributed by atoms with van der Waals surface area (Å²) in [4.78, 5) is 0. The summed E-state index contributed by atoms with van der Waals surface area (Å²) in [7, 11) is 1.77. The van der Waals surface area contributed by atoms with Crippen LogP contribution in [0.1, 0.15) is 46.0 Å². The van der Waals surface area contributed by atoms with E-state index in [2.05, 4.69) is 19.2 Å². The molecule has 1 atom stereocenters. The maximum atomic E-state index is 5.08. The molecular formula is C12H25NO. The second kappa shape index (κ2) is 6.41. The highest BCUT2D eigenvalue weighted by atomic mass is 16.5. The van der Waals surface area contributed by atoms with Crippen molar-refractivity contribution >= 4 is 0 Å². The van der Waals surface area contributed by atoms with Gasteiger partial charge < -0.3 is 10.1 Å². The first-order chi connectivity index (χ1) is 6.72. The number of methoxy groups -OCH3 is 1. The molecule has 1 aliphatic carbocycles. The topological polar surface area (TPSA) is 21.3 Å². The quantitative estimate of drug-likeness (QED) is 0.735. The molecule has 2 heteroatoms. The standard InChI is InChI=1S/C12H25NO/c1-10-4-6-12(7-5-10)13-11(2)8-9-14-3/h10-13H,4-9H2,1-3H3. The molecule has 1 aliphatic rings. The maximum Gasteiger partial charge on any atom is 0.0476 e. The van der Waals surface area contributed by atoms with E-state index < -0.39 is 0 Å². The van der Waals surface area contributed by atoms with Crippen LogP contribution in [0.5, 0.6) is 0 Å². The molecule has 1 saturated carbocycles. The van der Waals surface area contributed by atoms with Gasteiger partial charge in [-0.15, -0.1) is 0 Å². The number of rotatable bonds is 5. The third-order valence-electron chi connectivity index (χ3n) is 3.29. The van der Waals surface area contributed by atoms with E-state index in [4.69, 9.17) is 4.74 Å². The SMILES string of the molecule is COCCC(C)NC1CCC(C)CC1. The van der Waals surface area contributed by atoms with Crippen LogP contribution in [0.2, 0.25) is 0 Å². The molecule has 1 fully saturated rings. The molecule has 0 saturated heterocycles. The largest absolute Gasteiger partial charge is 0.385 e. The highest BCUT2D eigenvalue weighted by molar-refractivity contribution is 4.77. The van der Waals surface area contributed by atoms with Gasteiger partial charge in [0.2, 0.25) is 0 Å². The van der Waals surface area contributed by atoms with Gasteiger partial charge in [-0.1, -0.05) is 6.92 Å². The predicted octanol–water partition coefficient (Wildman–Crippen LogP) is 2.58. The fourth-order valence-electron chi connectivity index (χ4n) is 2.21.